The first-order valence-electron chi connectivity index (χ1n) is 8.29. The zero-order valence-corrected chi connectivity index (χ0v) is 13.0. The molecule has 0 saturated heterocycles. The largest absolute Gasteiger partial charge is 0.353 e. The predicted octanol–water partition coefficient (Wildman–Crippen LogP) is 4.29. The average molecular weight is 265 g/mol. The fraction of sp³-hybridized carbons (Fsp3) is 0.941. The molecule has 2 saturated carbocycles. The quantitative estimate of drug-likeness (QED) is 0.731. The summed E-state index contributed by atoms with van der Waals surface area (Å²) >= 11 is 0. The first-order chi connectivity index (χ1) is 9.00. The molecule has 0 aromatic carbocycles. The molecule has 110 valence electrons. The van der Waals surface area contributed by atoms with Crippen molar-refractivity contribution in [2.75, 3.05) is 0 Å². The summed E-state index contributed by atoms with van der Waals surface area (Å²) in [7, 11) is 0. The summed E-state index contributed by atoms with van der Waals surface area (Å²) < 4.78 is 0. The lowest BCUT2D eigenvalue weighted by molar-refractivity contribution is -0.124. The Balaban J connectivity index is 1.85. The minimum absolute atomic E-state index is 0.143. The Hall–Kier alpha value is -0.530. The van der Waals surface area contributed by atoms with Gasteiger partial charge in [0.15, 0.2) is 0 Å². The zero-order valence-electron chi connectivity index (χ0n) is 13.0. The van der Waals surface area contributed by atoms with Gasteiger partial charge in [0.25, 0.3) is 0 Å². The lowest BCUT2D eigenvalue weighted by atomic mass is 9.85. The first-order valence-corrected chi connectivity index (χ1v) is 8.29. The summed E-state index contributed by atoms with van der Waals surface area (Å²) in [5, 5.41) is 3.38. The maximum atomic E-state index is 12.3. The predicted molar refractivity (Wildman–Crippen MR) is 79.9 cm³/mol. The molecular weight excluding hydrogens is 234 g/mol. The summed E-state index contributed by atoms with van der Waals surface area (Å²) in [5.41, 5.74) is 0.143. The van der Waals surface area contributed by atoms with Crippen LogP contribution >= 0.6 is 0 Å². The summed E-state index contributed by atoms with van der Waals surface area (Å²) in [5.74, 6) is 1.95. The molecule has 2 fully saturated rings. The van der Waals surface area contributed by atoms with Crippen LogP contribution in [0.15, 0.2) is 0 Å². The fourth-order valence-corrected chi connectivity index (χ4v) is 3.26. The Morgan fingerprint density at radius 3 is 2.37 bits per heavy atom. The van der Waals surface area contributed by atoms with Crippen LogP contribution in [0.5, 0.6) is 0 Å². The topological polar surface area (TPSA) is 29.1 Å². The molecule has 0 bridgehead atoms. The molecule has 2 rings (SSSR count). The number of amides is 1. The van der Waals surface area contributed by atoms with Gasteiger partial charge in [0, 0.05) is 12.5 Å². The van der Waals surface area contributed by atoms with E-state index in [0.717, 1.165) is 18.3 Å². The van der Waals surface area contributed by atoms with Gasteiger partial charge < -0.3 is 5.32 Å². The molecule has 0 radical (unpaired) electrons. The average Bonchev–Trinajstić information content (AvgIpc) is 2.99. The Morgan fingerprint density at radius 2 is 1.84 bits per heavy atom. The van der Waals surface area contributed by atoms with Gasteiger partial charge in [0.05, 0.1) is 0 Å². The number of nitrogens with one attached hydrogen (secondary N) is 1. The van der Waals surface area contributed by atoms with Crippen molar-refractivity contribution in [3.05, 3.63) is 0 Å². The Bertz CT molecular complexity index is 300. The monoisotopic (exact) mass is 265 g/mol. The van der Waals surface area contributed by atoms with Crippen molar-refractivity contribution in [3.8, 4) is 0 Å². The second-order valence-corrected chi connectivity index (χ2v) is 7.59. The number of hydrogen-bond donors (Lipinski definition) is 1. The van der Waals surface area contributed by atoms with Gasteiger partial charge in [-0.25, -0.2) is 0 Å². The highest BCUT2D eigenvalue weighted by molar-refractivity contribution is 5.77. The SMILES string of the molecule is CCC(C)(C)CC(=O)NC(CC1CC1)C1CCCC1. The molecule has 0 aliphatic heterocycles. The maximum Gasteiger partial charge on any atom is 0.220 e. The molecule has 2 aliphatic carbocycles. The van der Waals surface area contributed by atoms with Gasteiger partial charge in [-0.05, 0) is 36.5 Å². The van der Waals surface area contributed by atoms with E-state index in [0.29, 0.717) is 12.5 Å². The highest BCUT2D eigenvalue weighted by Crippen LogP contribution is 2.38. The van der Waals surface area contributed by atoms with Crippen molar-refractivity contribution in [3.63, 3.8) is 0 Å². The summed E-state index contributed by atoms with van der Waals surface area (Å²) in [6.07, 6.45) is 11.1. The zero-order chi connectivity index (χ0) is 13.9. The van der Waals surface area contributed by atoms with Crippen molar-refractivity contribution < 1.29 is 4.79 Å². The molecule has 0 spiro atoms. The third-order valence-electron chi connectivity index (χ3n) is 5.20. The highest BCUT2D eigenvalue weighted by atomic mass is 16.1. The van der Waals surface area contributed by atoms with Crippen LogP contribution in [0.4, 0.5) is 0 Å². The number of carbonyl (C=O) groups is 1. The van der Waals surface area contributed by atoms with Gasteiger partial charge in [0.2, 0.25) is 5.91 Å². The molecule has 19 heavy (non-hydrogen) atoms. The van der Waals surface area contributed by atoms with Gasteiger partial charge in [-0.3, -0.25) is 4.79 Å². The van der Waals surface area contributed by atoms with Gasteiger partial charge in [-0.1, -0.05) is 52.9 Å². The van der Waals surface area contributed by atoms with E-state index in [1.54, 1.807) is 0 Å². The van der Waals surface area contributed by atoms with Crippen LogP contribution in [0, 0.1) is 17.3 Å². The maximum absolute atomic E-state index is 12.3. The molecule has 0 heterocycles. The van der Waals surface area contributed by atoms with Crippen LogP contribution in [0.25, 0.3) is 0 Å². The van der Waals surface area contributed by atoms with Crippen molar-refractivity contribution in [1.82, 2.24) is 5.32 Å². The van der Waals surface area contributed by atoms with Crippen LogP contribution in [0.3, 0.4) is 0 Å². The number of carbonyl (C=O) groups excluding carboxylic acids is 1. The Kier molecular flexibility index (Phi) is 4.92. The van der Waals surface area contributed by atoms with E-state index in [9.17, 15) is 4.79 Å². The van der Waals surface area contributed by atoms with Crippen LogP contribution in [-0.2, 0) is 4.79 Å². The van der Waals surface area contributed by atoms with Crippen LogP contribution in [0.2, 0.25) is 0 Å². The molecule has 0 aromatic rings. The summed E-state index contributed by atoms with van der Waals surface area (Å²) in [4.78, 5) is 12.3. The van der Waals surface area contributed by atoms with Crippen molar-refractivity contribution >= 4 is 5.91 Å². The number of hydrogen-bond acceptors (Lipinski definition) is 1. The molecule has 1 atom stereocenters. The van der Waals surface area contributed by atoms with Crippen molar-refractivity contribution in [2.45, 2.75) is 84.6 Å². The van der Waals surface area contributed by atoms with E-state index < -0.39 is 0 Å². The van der Waals surface area contributed by atoms with Gasteiger partial charge in [0.1, 0.15) is 0 Å². The van der Waals surface area contributed by atoms with Gasteiger partial charge in [-0.15, -0.1) is 0 Å². The van der Waals surface area contributed by atoms with Crippen LogP contribution < -0.4 is 5.32 Å². The third kappa shape index (κ3) is 4.81. The van der Waals surface area contributed by atoms with E-state index in [4.69, 9.17) is 0 Å². The second kappa shape index (κ2) is 6.28. The first kappa shape index (κ1) is 14.9. The van der Waals surface area contributed by atoms with E-state index in [1.165, 1.54) is 44.9 Å². The van der Waals surface area contributed by atoms with E-state index >= 15 is 0 Å². The normalized spacial score (nSPS) is 22.5. The lowest BCUT2D eigenvalue weighted by Crippen LogP contribution is -2.41. The van der Waals surface area contributed by atoms with Gasteiger partial charge in [-0.2, -0.15) is 0 Å². The van der Waals surface area contributed by atoms with Gasteiger partial charge >= 0.3 is 0 Å². The number of rotatable bonds is 7. The molecule has 0 aromatic heterocycles. The molecule has 2 aliphatic rings. The Morgan fingerprint density at radius 1 is 1.21 bits per heavy atom. The molecule has 1 amide bonds. The Labute approximate surface area is 118 Å². The minimum atomic E-state index is 0.143. The molecule has 2 heteroatoms. The lowest BCUT2D eigenvalue weighted by Gasteiger charge is -2.28. The van der Waals surface area contributed by atoms with Crippen molar-refractivity contribution in [2.24, 2.45) is 17.3 Å². The van der Waals surface area contributed by atoms with Crippen LogP contribution in [0.1, 0.15) is 78.6 Å². The van der Waals surface area contributed by atoms with Crippen LogP contribution in [-0.4, -0.2) is 11.9 Å². The standard InChI is InChI=1S/C17H31NO/c1-4-17(2,3)12-16(19)18-15(11-13-9-10-13)14-7-5-6-8-14/h13-15H,4-12H2,1-3H3,(H,18,19). The smallest absolute Gasteiger partial charge is 0.220 e. The van der Waals surface area contributed by atoms with E-state index in [1.807, 2.05) is 0 Å². The fourth-order valence-electron chi connectivity index (χ4n) is 3.26. The molecule has 2 nitrogen and oxygen atoms in total. The van der Waals surface area contributed by atoms with Crippen molar-refractivity contribution in [1.29, 1.82) is 0 Å². The molecule has 1 N–H and O–H groups in total. The summed E-state index contributed by atoms with van der Waals surface area (Å²) in [6, 6.07) is 0.468. The highest BCUT2D eigenvalue weighted by Gasteiger charge is 2.33. The minimum Gasteiger partial charge on any atom is -0.353 e. The second-order valence-electron chi connectivity index (χ2n) is 7.59. The molecular formula is C17H31NO. The summed E-state index contributed by atoms with van der Waals surface area (Å²) in [6.45, 7) is 6.56. The molecule has 1 unspecified atom stereocenters. The third-order valence-corrected chi connectivity index (χ3v) is 5.20. The van der Waals surface area contributed by atoms with E-state index in [-0.39, 0.29) is 11.3 Å². The van der Waals surface area contributed by atoms with E-state index in [2.05, 4.69) is 26.1 Å².